The maximum atomic E-state index is 12.1. The van der Waals surface area contributed by atoms with Crippen LogP contribution in [0, 0.1) is 0 Å². The second-order valence-electron chi connectivity index (χ2n) is 5.42. The zero-order valence-corrected chi connectivity index (χ0v) is 12.9. The highest BCUT2D eigenvalue weighted by molar-refractivity contribution is 7.14. The predicted octanol–water partition coefficient (Wildman–Crippen LogP) is 2.91. The Hall–Kier alpha value is -2.14. The third-order valence-electron chi connectivity index (χ3n) is 3.87. The molecule has 5 heteroatoms. The number of carboxylic acids is 1. The Morgan fingerprint density at radius 2 is 1.95 bits per heavy atom. The van der Waals surface area contributed by atoms with Crippen molar-refractivity contribution >= 4 is 23.2 Å². The molecule has 0 atom stereocenters. The number of benzene rings is 1. The molecule has 1 aromatic heterocycles. The van der Waals surface area contributed by atoms with Gasteiger partial charge >= 0.3 is 5.97 Å². The first-order valence-corrected chi connectivity index (χ1v) is 8.17. The van der Waals surface area contributed by atoms with Gasteiger partial charge in [0.1, 0.15) is 0 Å². The number of hydrogen-bond acceptors (Lipinski definition) is 3. The number of carbonyl (C=O) groups excluding carboxylic acids is 1. The lowest BCUT2D eigenvalue weighted by Gasteiger charge is -2.04. The third-order valence-corrected chi connectivity index (χ3v) is 5.11. The van der Waals surface area contributed by atoms with Crippen LogP contribution in [0.5, 0.6) is 0 Å². The summed E-state index contributed by atoms with van der Waals surface area (Å²) in [5.74, 6) is -0.938. The summed E-state index contributed by atoms with van der Waals surface area (Å²) in [5.41, 5.74) is 2.62. The van der Waals surface area contributed by atoms with E-state index in [2.05, 4.69) is 5.32 Å². The van der Waals surface area contributed by atoms with Crippen LogP contribution in [-0.2, 0) is 19.3 Å². The van der Waals surface area contributed by atoms with Gasteiger partial charge in [-0.3, -0.25) is 4.79 Å². The molecule has 0 unspecified atom stereocenters. The second-order valence-corrected chi connectivity index (χ2v) is 6.56. The summed E-state index contributed by atoms with van der Waals surface area (Å²) in [7, 11) is 0. The van der Waals surface area contributed by atoms with E-state index < -0.39 is 5.97 Å². The summed E-state index contributed by atoms with van der Waals surface area (Å²) < 4.78 is 0. The minimum absolute atomic E-state index is 0.0124. The number of nitrogens with one attached hydrogen (secondary N) is 1. The number of amides is 1. The molecule has 0 spiro atoms. The van der Waals surface area contributed by atoms with E-state index in [0.717, 1.165) is 23.3 Å². The van der Waals surface area contributed by atoms with Crippen molar-refractivity contribution in [3.63, 3.8) is 0 Å². The van der Waals surface area contributed by atoms with Crippen molar-refractivity contribution in [1.29, 1.82) is 0 Å². The highest BCUT2D eigenvalue weighted by Gasteiger charge is 2.18. The molecule has 0 fully saturated rings. The van der Waals surface area contributed by atoms with E-state index in [9.17, 15) is 9.59 Å². The Kier molecular flexibility index (Phi) is 4.24. The van der Waals surface area contributed by atoms with E-state index in [0.29, 0.717) is 13.0 Å². The van der Waals surface area contributed by atoms with E-state index in [1.54, 1.807) is 35.6 Å². The normalized spacial score (nSPS) is 12.9. The summed E-state index contributed by atoms with van der Waals surface area (Å²) in [5, 5.41) is 11.8. The molecule has 1 heterocycles. The SMILES string of the molecule is O=C(O)c1ccc(CCNC(=O)c2cc3c(s2)CCC3)cc1. The fourth-order valence-electron chi connectivity index (χ4n) is 2.66. The first-order valence-electron chi connectivity index (χ1n) is 7.35. The first kappa shape index (κ1) is 14.8. The van der Waals surface area contributed by atoms with Crippen LogP contribution in [0.15, 0.2) is 30.3 Å². The summed E-state index contributed by atoms with van der Waals surface area (Å²) in [6, 6.07) is 8.77. The summed E-state index contributed by atoms with van der Waals surface area (Å²) in [6.45, 7) is 0.549. The van der Waals surface area contributed by atoms with Crippen molar-refractivity contribution in [3.8, 4) is 0 Å². The van der Waals surface area contributed by atoms with Gasteiger partial charge in [0.15, 0.2) is 0 Å². The average molecular weight is 315 g/mol. The van der Waals surface area contributed by atoms with Gasteiger partial charge < -0.3 is 10.4 Å². The number of carbonyl (C=O) groups is 2. The quantitative estimate of drug-likeness (QED) is 0.891. The van der Waals surface area contributed by atoms with E-state index in [1.165, 1.54) is 16.9 Å². The Balaban J connectivity index is 1.51. The van der Waals surface area contributed by atoms with Crippen LogP contribution in [0.25, 0.3) is 0 Å². The molecule has 2 aromatic rings. The van der Waals surface area contributed by atoms with E-state index in [-0.39, 0.29) is 11.5 Å². The van der Waals surface area contributed by atoms with Crippen LogP contribution in [0.4, 0.5) is 0 Å². The van der Waals surface area contributed by atoms with Crippen molar-refractivity contribution < 1.29 is 14.7 Å². The minimum Gasteiger partial charge on any atom is -0.478 e. The minimum atomic E-state index is -0.925. The van der Waals surface area contributed by atoms with Crippen molar-refractivity contribution in [2.45, 2.75) is 25.7 Å². The fourth-order valence-corrected chi connectivity index (χ4v) is 3.83. The summed E-state index contributed by atoms with van der Waals surface area (Å²) in [4.78, 5) is 25.0. The summed E-state index contributed by atoms with van der Waals surface area (Å²) >= 11 is 1.60. The number of rotatable bonds is 5. The molecule has 1 aliphatic rings. The van der Waals surface area contributed by atoms with Gasteiger partial charge in [-0.05, 0) is 55.0 Å². The Labute approximate surface area is 132 Å². The Morgan fingerprint density at radius 1 is 1.18 bits per heavy atom. The number of thiophene rings is 1. The molecule has 0 aliphatic heterocycles. The van der Waals surface area contributed by atoms with Crippen LogP contribution in [0.3, 0.4) is 0 Å². The number of aromatic carboxylic acids is 1. The van der Waals surface area contributed by atoms with Gasteiger partial charge in [0.2, 0.25) is 0 Å². The van der Waals surface area contributed by atoms with Crippen molar-refractivity contribution in [2.24, 2.45) is 0 Å². The van der Waals surface area contributed by atoms with Crippen molar-refractivity contribution in [3.05, 3.63) is 56.8 Å². The maximum Gasteiger partial charge on any atom is 0.335 e. The smallest absolute Gasteiger partial charge is 0.335 e. The molecule has 0 saturated heterocycles. The predicted molar refractivity (Wildman–Crippen MR) is 85.8 cm³/mol. The second kappa shape index (κ2) is 6.32. The number of hydrogen-bond donors (Lipinski definition) is 2. The molecule has 1 aromatic carbocycles. The number of carboxylic acid groups (broad SMARTS) is 1. The van der Waals surface area contributed by atoms with Crippen LogP contribution < -0.4 is 5.32 Å². The standard InChI is InChI=1S/C17H17NO3S/c19-16(15-10-13-2-1-3-14(13)22-15)18-9-8-11-4-6-12(7-5-11)17(20)21/h4-7,10H,1-3,8-9H2,(H,18,19)(H,20,21). The monoisotopic (exact) mass is 315 g/mol. The fraction of sp³-hybridized carbons (Fsp3) is 0.294. The first-order chi connectivity index (χ1) is 10.6. The van der Waals surface area contributed by atoms with Gasteiger partial charge in [-0.25, -0.2) is 4.79 Å². The molecule has 2 N–H and O–H groups in total. The lowest BCUT2D eigenvalue weighted by atomic mass is 10.1. The van der Waals surface area contributed by atoms with Gasteiger partial charge in [0.05, 0.1) is 10.4 Å². The third kappa shape index (κ3) is 3.20. The van der Waals surface area contributed by atoms with Crippen LogP contribution in [0.2, 0.25) is 0 Å². The average Bonchev–Trinajstić information content (AvgIpc) is 3.09. The molecular weight excluding hydrogens is 298 g/mol. The molecule has 4 nitrogen and oxygen atoms in total. The molecule has 0 bridgehead atoms. The molecule has 22 heavy (non-hydrogen) atoms. The number of aryl methyl sites for hydroxylation is 2. The lowest BCUT2D eigenvalue weighted by Crippen LogP contribution is -2.24. The van der Waals surface area contributed by atoms with Gasteiger partial charge in [0.25, 0.3) is 5.91 Å². The van der Waals surface area contributed by atoms with Crippen LogP contribution >= 0.6 is 11.3 Å². The van der Waals surface area contributed by atoms with E-state index in [1.807, 2.05) is 6.07 Å². The van der Waals surface area contributed by atoms with E-state index in [4.69, 9.17) is 5.11 Å². The molecule has 114 valence electrons. The topological polar surface area (TPSA) is 66.4 Å². The van der Waals surface area contributed by atoms with Crippen LogP contribution in [0.1, 0.15) is 42.5 Å². The van der Waals surface area contributed by atoms with Gasteiger partial charge in [-0.15, -0.1) is 11.3 Å². The number of fused-ring (bicyclic) bond motifs is 1. The van der Waals surface area contributed by atoms with Gasteiger partial charge in [0, 0.05) is 11.4 Å². The van der Waals surface area contributed by atoms with Gasteiger partial charge in [-0.2, -0.15) is 0 Å². The summed E-state index contributed by atoms with van der Waals surface area (Å²) in [6.07, 6.45) is 4.09. The van der Waals surface area contributed by atoms with Gasteiger partial charge in [-0.1, -0.05) is 12.1 Å². The molecule has 0 saturated carbocycles. The maximum absolute atomic E-state index is 12.1. The largest absolute Gasteiger partial charge is 0.478 e. The van der Waals surface area contributed by atoms with Crippen molar-refractivity contribution in [2.75, 3.05) is 6.54 Å². The highest BCUT2D eigenvalue weighted by atomic mass is 32.1. The van der Waals surface area contributed by atoms with Crippen LogP contribution in [-0.4, -0.2) is 23.5 Å². The van der Waals surface area contributed by atoms with Crippen molar-refractivity contribution in [1.82, 2.24) is 5.32 Å². The molecular formula is C17H17NO3S. The molecule has 3 rings (SSSR count). The highest BCUT2D eigenvalue weighted by Crippen LogP contribution is 2.30. The molecule has 1 amide bonds. The zero-order valence-electron chi connectivity index (χ0n) is 12.1. The molecule has 0 radical (unpaired) electrons. The lowest BCUT2D eigenvalue weighted by molar-refractivity contribution is 0.0696. The Bertz CT molecular complexity index is 682. The Morgan fingerprint density at radius 3 is 2.64 bits per heavy atom. The zero-order chi connectivity index (χ0) is 15.5. The molecule has 1 aliphatic carbocycles. The van der Waals surface area contributed by atoms with E-state index >= 15 is 0 Å².